The van der Waals surface area contributed by atoms with Gasteiger partial charge in [0, 0.05) is 44.6 Å². The summed E-state index contributed by atoms with van der Waals surface area (Å²) < 4.78 is 2.00. The highest BCUT2D eigenvalue weighted by Gasteiger charge is 2.27. The van der Waals surface area contributed by atoms with Crippen LogP contribution < -0.4 is 5.32 Å². The number of nitrogens with one attached hydrogen (secondary N) is 1. The molecule has 0 aromatic carbocycles. The first-order valence-electron chi connectivity index (χ1n) is 9.56. The summed E-state index contributed by atoms with van der Waals surface area (Å²) in [5, 5.41) is 11.8. The summed E-state index contributed by atoms with van der Waals surface area (Å²) in [6.45, 7) is 5.17. The van der Waals surface area contributed by atoms with Crippen LogP contribution in [0.25, 0.3) is 0 Å². The Bertz CT molecular complexity index is 801. The first-order valence-corrected chi connectivity index (χ1v) is 9.56. The molecule has 2 aliphatic heterocycles. The molecule has 0 unspecified atom stereocenters. The number of hydrogen-bond acceptors (Lipinski definition) is 6. The number of anilines is 1. The zero-order valence-corrected chi connectivity index (χ0v) is 15.2. The zero-order valence-electron chi connectivity index (χ0n) is 15.2. The van der Waals surface area contributed by atoms with Crippen molar-refractivity contribution in [2.75, 3.05) is 25.0 Å². The maximum Gasteiger partial charge on any atom is 0.291 e. The van der Waals surface area contributed by atoms with Crippen molar-refractivity contribution in [3.05, 3.63) is 29.2 Å². The van der Waals surface area contributed by atoms with Gasteiger partial charge >= 0.3 is 0 Å². The average molecular weight is 355 g/mol. The predicted octanol–water partition coefficient (Wildman–Crippen LogP) is 1.47. The van der Waals surface area contributed by atoms with Crippen LogP contribution in [0, 0.1) is 0 Å². The van der Waals surface area contributed by atoms with E-state index in [9.17, 15) is 4.79 Å². The van der Waals surface area contributed by atoms with Crippen LogP contribution >= 0.6 is 0 Å². The number of fused-ring (bicyclic) bond motifs is 2. The van der Waals surface area contributed by atoms with Gasteiger partial charge in [-0.1, -0.05) is 6.92 Å². The second-order valence-electron chi connectivity index (χ2n) is 6.92. The highest BCUT2D eigenvalue weighted by atomic mass is 16.2. The summed E-state index contributed by atoms with van der Waals surface area (Å²) in [5.41, 5.74) is 2.18. The monoisotopic (exact) mass is 355 g/mol. The maximum absolute atomic E-state index is 13.0. The Morgan fingerprint density at radius 3 is 2.88 bits per heavy atom. The van der Waals surface area contributed by atoms with E-state index in [-0.39, 0.29) is 5.91 Å². The molecule has 0 fully saturated rings. The number of nitrogens with zero attached hydrogens (tertiary/aromatic N) is 6. The van der Waals surface area contributed by atoms with Gasteiger partial charge in [-0.25, -0.2) is 9.97 Å². The quantitative estimate of drug-likeness (QED) is 0.893. The molecule has 0 bridgehead atoms. The number of amides is 1. The van der Waals surface area contributed by atoms with E-state index in [4.69, 9.17) is 0 Å². The van der Waals surface area contributed by atoms with Crippen molar-refractivity contribution in [1.29, 1.82) is 0 Å². The van der Waals surface area contributed by atoms with E-state index in [1.807, 2.05) is 9.47 Å². The second kappa shape index (κ2) is 7.39. The van der Waals surface area contributed by atoms with Crippen LogP contribution in [0.1, 0.15) is 53.9 Å². The standard InChI is InChI=1S/C18H25N7O/c1-2-8-19-16-13-6-10-24(11-7-14(13)20-12-21-16)18(26)17-23-22-15-5-3-4-9-25(15)17/h12H,2-11H2,1H3,(H,19,20,21). The van der Waals surface area contributed by atoms with Crippen molar-refractivity contribution in [2.45, 2.75) is 52.0 Å². The van der Waals surface area contributed by atoms with E-state index in [1.165, 1.54) is 0 Å². The van der Waals surface area contributed by atoms with Gasteiger partial charge in [0.1, 0.15) is 18.0 Å². The van der Waals surface area contributed by atoms with Gasteiger partial charge in [0.25, 0.3) is 5.91 Å². The molecule has 0 radical (unpaired) electrons. The van der Waals surface area contributed by atoms with Crippen molar-refractivity contribution in [3.63, 3.8) is 0 Å². The molecule has 1 N–H and O–H groups in total. The van der Waals surface area contributed by atoms with Gasteiger partial charge in [0.05, 0.1) is 5.69 Å². The Labute approximate surface area is 153 Å². The molecule has 138 valence electrons. The molecule has 2 aromatic rings. The van der Waals surface area contributed by atoms with Gasteiger partial charge in [0.2, 0.25) is 5.82 Å². The molecule has 8 nitrogen and oxygen atoms in total. The lowest BCUT2D eigenvalue weighted by Crippen LogP contribution is -2.35. The number of carbonyl (C=O) groups excluding carboxylic acids is 1. The molecule has 2 aromatic heterocycles. The van der Waals surface area contributed by atoms with E-state index >= 15 is 0 Å². The van der Waals surface area contributed by atoms with Crippen molar-refractivity contribution in [3.8, 4) is 0 Å². The fourth-order valence-corrected chi connectivity index (χ4v) is 3.73. The van der Waals surface area contributed by atoms with Gasteiger partial charge in [0.15, 0.2) is 0 Å². The SMILES string of the molecule is CCCNc1ncnc2c1CCN(C(=O)c1nnc3n1CCCC3)CC2. The van der Waals surface area contributed by atoms with Crippen LogP contribution in [0.2, 0.25) is 0 Å². The molecule has 0 aliphatic carbocycles. The minimum absolute atomic E-state index is 0.0190. The van der Waals surface area contributed by atoms with Crippen molar-refractivity contribution in [1.82, 2.24) is 29.6 Å². The molecule has 4 heterocycles. The first-order chi connectivity index (χ1) is 12.8. The van der Waals surface area contributed by atoms with Gasteiger partial charge in [-0.2, -0.15) is 0 Å². The molecule has 0 spiro atoms. The summed E-state index contributed by atoms with van der Waals surface area (Å²) in [7, 11) is 0. The number of aromatic nitrogens is 5. The highest BCUT2D eigenvalue weighted by Crippen LogP contribution is 2.22. The summed E-state index contributed by atoms with van der Waals surface area (Å²) in [6, 6.07) is 0. The maximum atomic E-state index is 13.0. The lowest BCUT2D eigenvalue weighted by molar-refractivity contribution is 0.0744. The fraction of sp³-hybridized carbons (Fsp3) is 0.611. The van der Waals surface area contributed by atoms with E-state index in [0.717, 1.165) is 74.5 Å². The molecule has 4 rings (SSSR count). The van der Waals surface area contributed by atoms with Crippen molar-refractivity contribution < 1.29 is 4.79 Å². The fourth-order valence-electron chi connectivity index (χ4n) is 3.73. The molecule has 1 amide bonds. The lowest BCUT2D eigenvalue weighted by atomic mass is 10.1. The van der Waals surface area contributed by atoms with Crippen LogP contribution in [0.5, 0.6) is 0 Å². The second-order valence-corrected chi connectivity index (χ2v) is 6.92. The molecule has 8 heteroatoms. The minimum atomic E-state index is -0.0190. The van der Waals surface area contributed by atoms with Crippen LogP contribution in [0.3, 0.4) is 0 Å². The third-order valence-electron chi connectivity index (χ3n) is 5.17. The Kier molecular flexibility index (Phi) is 4.81. The number of rotatable bonds is 4. The van der Waals surface area contributed by atoms with Crippen molar-refractivity contribution in [2.24, 2.45) is 0 Å². The normalized spacial score (nSPS) is 16.6. The molecule has 0 atom stereocenters. The smallest absolute Gasteiger partial charge is 0.291 e. The third-order valence-corrected chi connectivity index (χ3v) is 5.17. The highest BCUT2D eigenvalue weighted by molar-refractivity contribution is 5.90. The number of aryl methyl sites for hydroxylation is 1. The molecular formula is C18H25N7O. The Morgan fingerprint density at radius 1 is 1.12 bits per heavy atom. The number of carbonyl (C=O) groups is 1. The first kappa shape index (κ1) is 16.9. The third kappa shape index (κ3) is 3.15. The Morgan fingerprint density at radius 2 is 2.00 bits per heavy atom. The van der Waals surface area contributed by atoms with Gasteiger partial charge in [-0.05, 0) is 25.7 Å². The zero-order chi connectivity index (χ0) is 17.9. The van der Waals surface area contributed by atoms with Gasteiger partial charge in [-0.3, -0.25) is 4.79 Å². The number of hydrogen-bond donors (Lipinski definition) is 1. The van der Waals surface area contributed by atoms with Gasteiger partial charge < -0.3 is 14.8 Å². The summed E-state index contributed by atoms with van der Waals surface area (Å²) in [4.78, 5) is 23.8. The lowest BCUT2D eigenvalue weighted by Gasteiger charge is -2.21. The molecule has 26 heavy (non-hydrogen) atoms. The van der Waals surface area contributed by atoms with Crippen LogP contribution in [0.4, 0.5) is 5.82 Å². The van der Waals surface area contributed by atoms with E-state index in [2.05, 4.69) is 32.4 Å². The van der Waals surface area contributed by atoms with Gasteiger partial charge in [-0.15, -0.1) is 10.2 Å². The Hall–Kier alpha value is -2.51. The predicted molar refractivity (Wildman–Crippen MR) is 97.1 cm³/mol. The molecular weight excluding hydrogens is 330 g/mol. The summed E-state index contributed by atoms with van der Waals surface area (Å²) in [6.07, 6.45) is 7.27. The van der Waals surface area contributed by atoms with E-state index in [0.29, 0.717) is 18.9 Å². The average Bonchev–Trinajstić information content (AvgIpc) is 2.98. The Balaban J connectivity index is 1.52. The molecule has 0 saturated heterocycles. The van der Waals surface area contributed by atoms with Crippen LogP contribution in [0.15, 0.2) is 6.33 Å². The van der Waals surface area contributed by atoms with E-state index < -0.39 is 0 Å². The van der Waals surface area contributed by atoms with Crippen LogP contribution in [-0.2, 0) is 25.8 Å². The van der Waals surface area contributed by atoms with Crippen LogP contribution in [-0.4, -0.2) is 55.2 Å². The summed E-state index contributed by atoms with van der Waals surface area (Å²) >= 11 is 0. The largest absolute Gasteiger partial charge is 0.370 e. The molecule has 0 saturated carbocycles. The minimum Gasteiger partial charge on any atom is -0.370 e. The van der Waals surface area contributed by atoms with E-state index in [1.54, 1.807) is 6.33 Å². The molecule has 2 aliphatic rings. The van der Waals surface area contributed by atoms with Crippen molar-refractivity contribution >= 4 is 11.7 Å². The summed E-state index contributed by atoms with van der Waals surface area (Å²) in [5.74, 6) is 2.32. The topological polar surface area (TPSA) is 88.8 Å².